The van der Waals surface area contributed by atoms with E-state index in [-0.39, 0.29) is 23.6 Å². The van der Waals surface area contributed by atoms with E-state index in [1.807, 2.05) is 6.92 Å². The Morgan fingerprint density at radius 3 is 2.57 bits per heavy atom. The number of piperidine rings is 2. The molecule has 0 aliphatic carbocycles. The first-order valence-electron chi connectivity index (χ1n) is 8.93. The van der Waals surface area contributed by atoms with E-state index in [0.717, 1.165) is 25.9 Å². The molecule has 134 valence electrons. The van der Waals surface area contributed by atoms with Gasteiger partial charge in [-0.3, -0.25) is 4.79 Å². The molecule has 7 heteroatoms. The van der Waals surface area contributed by atoms with Gasteiger partial charge in [0, 0.05) is 31.6 Å². The summed E-state index contributed by atoms with van der Waals surface area (Å²) in [6.07, 6.45) is 3.93. The maximum absolute atomic E-state index is 12.4. The van der Waals surface area contributed by atoms with E-state index < -0.39 is 10.0 Å². The maximum atomic E-state index is 12.4. The lowest BCUT2D eigenvalue weighted by atomic mass is 9.92. The monoisotopic (exact) mass is 345 g/mol. The molecule has 0 aromatic carbocycles. The van der Waals surface area contributed by atoms with E-state index in [1.54, 1.807) is 4.31 Å². The van der Waals surface area contributed by atoms with Gasteiger partial charge >= 0.3 is 0 Å². The van der Waals surface area contributed by atoms with Crippen molar-refractivity contribution in [1.82, 2.24) is 14.9 Å². The summed E-state index contributed by atoms with van der Waals surface area (Å²) >= 11 is 0. The first kappa shape index (κ1) is 18.7. The molecule has 0 spiro atoms. The third-order valence-electron chi connectivity index (χ3n) is 5.13. The van der Waals surface area contributed by atoms with Crippen molar-refractivity contribution in [3.05, 3.63) is 0 Å². The van der Waals surface area contributed by atoms with Crippen LogP contribution in [0.5, 0.6) is 0 Å². The third kappa shape index (κ3) is 5.16. The van der Waals surface area contributed by atoms with Crippen molar-refractivity contribution < 1.29 is 13.2 Å². The summed E-state index contributed by atoms with van der Waals surface area (Å²) in [7, 11) is -3.14. The lowest BCUT2D eigenvalue weighted by molar-refractivity contribution is -0.127. The topological polar surface area (TPSA) is 78.5 Å². The van der Waals surface area contributed by atoms with E-state index >= 15 is 0 Å². The molecule has 2 aliphatic rings. The van der Waals surface area contributed by atoms with Gasteiger partial charge in [-0.15, -0.1) is 0 Å². The highest BCUT2D eigenvalue weighted by Crippen LogP contribution is 2.21. The molecule has 0 radical (unpaired) electrons. The number of amides is 1. The van der Waals surface area contributed by atoms with Crippen LogP contribution in [0.1, 0.15) is 46.0 Å². The van der Waals surface area contributed by atoms with Crippen molar-refractivity contribution in [1.29, 1.82) is 0 Å². The van der Waals surface area contributed by atoms with Crippen molar-refractivity contribution in [2.45, 2.75) is 52.0 Å². The highest BCUT2D eigenvalue weighted by molar-refractivity contribution is 7.89. The summed E-state index contributed by atoms with van der Waals surface area (Å²) < 4.78 is 26.0. The van der Waals surface area contributed by atoms with Crippen molar-refractivity contribution in [3.8, 4) is 0 Å². The number of hydrogen-bond acceptors (Lipinski definition) is 4. The molecule has 2 saturated heterocycles. The normalized spacial score (nSPS) is 27.7. The van der Waals surface area contributed by atoms with Crippen LogP contribution in [-0.2, 0) is 14.8 Å². The van der Waals surface area contributed by atoms with Crippen LogP contribution in [0.25, 0.3) is 0 Å². The molecule has 2 fully saturated rings. The van der Waals surface area contributed by atoms with Crippen LogP contribution in [-0.4, -0.2) is 56.6 Å². The smallest absolute Gasteiger partial charge is 0.223 e. The largest absolute Gasteiger partial charge is 0.352 e. The van der Waals surface area contributed by atoms with E-state index in [0.29, 0.717) is 38.3 Å². The van der Waals surface area contributed by atoms with Gasteiger partial charge in [0.05, 0.1) is 5.75 Å². The van der Waals surface area contributed by atoms with Crippen LogP contribution in [0.4, 0.5) is 0 Å². The zero-order chi connectivity index (χ0) is 16.9. The van der Waals surface area contributed by atoms with Crippen molar-refractivity contribution in [2.75, 3.05) is 31.9 Å². The van der Waals surface area contributed by atoms with Crippen LogP contribution < -0.4 is 10.6 Å². The molecule has 2 heterocycles. The lowest BCUT2D eigenvalue weighted by Crippen LogP contribution is -2.52. The van der Waals surface area contributed by atoms with Crippen LogP contribution in [0.3, 0.4) is 0 Å². The zero-order valence-corrected chi connectivity index (χ0v) is 15.2. The second-order valence-corrected chi connectivity index (χ2v) is 9.02. The summed E-state index contributed by atoms with van der Waals surface area (Å²) in [4.78, 5) is 12.4. The number of sulfonamides is 1. The Balaban J connectivity index is 1.80. The summed E-state index contributed by atoms with van der Waals surface area (Å²) in [5.41, 5.74) is 0. The van der Waals surface area contributed by atoms with Crippen molar-refractivity contribution in [2.24, 2.45) is 11.8 Å². The van der Waals surface area contributed by atoms with Gasteiger partial charge < -0.3 is 10.6 Å². The molecule has 2 atom stereocenters. The van der Waals surface area contributed by atoms with Crippen LogP contribution in [0.2, 0.25) is 0 Å². The molecule has 0 saturated carbocycles. The quantitative estimate of drug-likeness (QED) is 0.751. The fourth-order valence-electron chi connectivity index (χ4n) is 3.34. The average molecular weight is 346 g/mol. The predicted octanol–water partition coefficient (Wildman–Crippen LogP) is 0.943. The van der Waals surface area contributed by atoms with Gasteiger partial charge in [0.15, 0.2) is 0 Å². The zero-order valence-electron chi connectivity index (χ0n) is 14.4. The molecular weight excluding hydrogens is 314 g/mol. The minimum atomic E-state index is -3.14. The third-order valence-corrected chi connectivity index (χ3v) is 7.09. The molecule has 0 aromatic rings. The number of rotatable bonds is 6. The molecule has 2 aliphatic heterocycles. The molecule has 2 rings (SSSR count). The Hall–Kier alpha value is -0.660. The molecular formula is C16H31N3O3S. The minimum Gasteiger partial charge on any atom is -0.352 e. The first-order chi connectivity index (χ1) is 10.9. The highest BCUT2D eigenvalue weighted by Gasteiger charge is 2.32. The van der Waals surface area contributed by atoms with Crippen molar-refractivity contribution >= 4 is 15.9 Å². The number of carbonyl (C=O) groups excluding carboxylic acids is 1. The maximum Gasteiger partial charge on any atom is 0.223 e. The van der Waals surface area contributed by atoms with Gasteiger partial charge in [0.1, 0.15) is 0 Å². The lowest BCUT2D eigenvalue weighted by Gasteiger charge is -2.34. The number of carbonyl (C=O) groups is 1. The van der Waals surface area contributed by atoms with Gasteiger partial charge in [-0.05, 0) is 38.1 Å². The minimum absolute atomic E-state index is 0.0539. The summed E-state index contributed by atoms with van der Waals surface area (Å²) in [5.74, 6) is 0.763. The fourth-order valence-corrected chi connectivity index (χ4v) is 5.01. The molecule has 2 N–H and O–H groups in total. The molecule has 23 heavy (non-hydrogen) atoms. The van der Waals surface area contributed by atoms with E-state index in [9.17, 15) is 13.2 Å². The Labute approximate surface area is 140 Å². The molecule has 0 aromatic heterocycles. The number of nitrogens with zero attached hydrogens (tertiary/aromatic N) is 1. The molecule has 1 amide bonds. The number of unbranched alkanes of at least 4 members (excludes halogenated alkanes) is 1. The Morgan fingerprint density at radius 2 is 1.96 bits per heavy atom. The van der Waals surface area contributed by atoms with Gasteiger partial charge in [0.2, 0.25) is 15.9 Å². The van der Waals surface area contributed by atoms with E-state index in [1.165, 1.54) is 0 Å². The van der Waals surface area contributed by atoms with Gasteiger partial charge in [-0.1, -0.05) is 20.3 Å². The summed E-state index contributed by atoms with van der Waals surface area (Å²) in [6.45, 7) is 6.96. The summed E-state index contributed by atoms with van der Waals surface area (Å²) in [5, 5.41) is 6.47. The van der Waals surface area contributed by atoms with Crippen LogP contribution in [0.15, 0.2) is 0 Å². The number of hydrogen-bond donors (Lipinski definition) is 2. The Kier molecular flexibility index (Phi) is 6.85. The second kappa shape index (κ2) is 8.44. The molecule has 2 unspecified atom stereocenters. The van der Waals surface area contributed by atoms with Gasteiger partial charge in [-0.25, -0.2) is 12.7 Å². The Morgan fingerprint density at radius 1 is 1.26 bits per heavy atom. The van der Waals surface area contributed by atoms with Gasteiger partial charge in [0.25, 0.3) is 0 Å². The molecule has 6 nitrogen and oxygen atoms in total. The van der Waals surface area contributed by atoms with Crippen LogP contribution >= 0.6 is 0 Å². The Bertz CT molecular complexity index is 487. The summed E-state index contributed by atoms with van der Waals surface area (Å²) in [6, 6.07) is 0.197. The highest BCUT2D eigenvalue weighted by atomic mass is 32.2. The average Bonchev–Trinajstić information content (AvgIpc) is 2.55. The first-order valence-corrected chi connectivity index (χ1v) is 10.5. The molecule has 0 bridgehead atoms. The van der Waals surface area contributed by atoms with Gasteiger partial charge in [-0.2, -0.15) is 0 Å². The SMILES string of the molecule is CCCCS(=O)(=O)N1CCC(C(=O)NC2CNCCC2C)CC1. The second-order valence-electron chi connectivity index (χ2n) is 6.93. The number of nitrogens with one attached hydrogen (secondary N) is 2. The fraction of sp³-hybridized carbons (Fsp3) is 0.938. The van der Waals surface area contributed by atoms with Crippen LogP contribution in [0, 0.1) is 11.8 Å². The van der Waals surface area contributed by atoms with Crippen molar-refractivity contribution in [3.63, 3.8) is 0 Å². The van der Waals surface area contributed by atoms with E-state index in [2.05, 4.69) is 17.6 Å². The van der Waals surface area contributed by atoms with E-state index in [4.69, 9.17) is 0 Å². The predicted molar refractivity (Wildman–Crippen MR) is 91.6 cm³/mol. The standard InChI is InChI=1S/C16H31N3O3S/c1-3-4-11-23(21,22)19-9-6-14(7-10-19)16(20)18-15-12-17-8-5-13(15)2/h13-15,17H,3-12H2,1-2H3,(H,18,20).